The highest BCUT2D eigenvalue weighted by Crippen LogP contribution is 2.48. The van der Waals surface area contributed by atoms with Crippen LogP contribution in [0.15, 0.2) is 56.3 Å². The molecular formula is C29H38BrN3O2S. The number of hydrogen-bond donors (Lipinski definition) is 2. The molecule has 2 N–H and O–H groups in total. The van der Waals surface area contributed by atoms with Crippen molar-refractivity contribution in [3.05, 3.63) is 61.8 Å². The van der Waals surface area contributed by atoms with Gasteiger partial charge in [-0.05, 0) is 89.6 Å². The molecule has 194 valence electrons. The number of ether oxygens (including phenoxy) is 1. The Hall–Kier alpha value is -1.54. The molecule has 2 unspecified atom stereocenters. The highest BCUT2D eigenvalue weighted by Gasteiger charge is 2.33. The maximum absolute atomic E-state index is 13.0. The van der Waals surface area contributed by atoms with Crippen molar-refractivity contribution in [2.75, 3.05) is 26.2 Å². The molecule has 2 saturated heterocycles. The fourth-order valence-electron chi connectivity index (χ4n) is 5.72. The van der Waals surface area contributed by atoms with E-state index in [2.05, 4.69) is 81.7 Å². The molecule has 0 bridgehead atoms. The zero-order chi connectivity index (χ0) is 25.1. The summed E-state index contributed by atoms with van der Waals surface area (Å²) in [6.45, 7) is 9.48. The number of allylic oxidation sites excluding steroid dienone is 5. The third-order valence-electron chi connectivity index (χ3n) is 8.01. The minimum absolute atomic E-state index is 0.104. The van der Waals surface area contributed by atoms with E-state index in [1.165, 1.54) is 16.0 Å². The highest BCUT2D eigenvalue weighted by molar-refractivity contribution is 9.10. The van der Waals surface area contributed by atoms with Gasteiger partial charge in [0.15, 0.2) is 0 Å². The molecule has 5 nitrogen and oxygen atoms in total. The predicted octanol–water partition coefficient (Wildman–Crippen LogP) is 5.78. The molecule has 1 aromatic rings. The highest BCUT2D eigenvalue weighted by atomic mass is 79.9. The third kappa shape index (κ3) is 6.12. The summed E-state index contributed by atoms with van der Waals surface area (Å²) in [7, 11) is 0. The van der Waals surface area contributed by atoms with E-state index in [4.69, 9.17) is 4.74 Å². The summed E-state index contributed by atoms with van der Waals surface area (Å²) in [5.41, 5.74) is 2.77. The first-order valence-corrected chi connectivity index (χ1v) is 15.1. The molecule has 3 aliphatic heterocycles. The molecule has 1 aliphatic carbocycles. The van der Waals surface area contributed by atoms with Gasteiger partial charge in [0.05, 0.1) is 9.38 Å². The summed E-state index contributed by atoms with van der Waals surface area (Å²) in [5.74, 6) is 1.90. The average molecular weight is 573 g/mol. The SMILES string of the molecule is CCC1=CC=C2SC(C(=O)NC3CCN(Cc4ccc(OC5CCNCC5)c(Br)c4)CC3)=CC2C1C. The lowest BCUT2D eigenvalue weighted by molar-refractivity contribution is -0.117. The topological polar surface area (TPSA) is 53.6 Å². The van der Waals surface area contributed by atoms with Gasteiger partial charge >= 0.3 is 0 Å². The molecule has 0 radical (unpaired) electrons. The quantitative estimate of drug-likeness (QED) is 0.434. The van der Waals surface area contributed by atoms with Gasteiger partial charge < -0.3 is 15.4 Å². The van der Waals surface area contributed by atoms with Crippen LogP contribution in [0.3, 0.4) is 0 Å². The standard InChI is InChI=1S/C29H38BrN3O2S/c1-3-21-5-7-27-24(19(21)2)17-28(36-27)29(34)32-22-10-14-33(15-11-22)18-20-4-6-26(25(30)16-20)35-23-8-12-31-13-9-23/h4-7,16-17,19,22-24,31H,3,8-15,18H2,1-2H3,(H,32,34). The van der Waals surface area contributed by atoms with E-state index in [0.717, 1.165) is 80.0 Å². The Morgan fingerprint density at radius 1 is 1.19 bits per heavy atom. The first-order chi connectivity index (χ1) is 17.5. The van der Waals surface area contributed by atoms with E-state index in [1.807, 2.05) is 0 Å². The van der Waals surface area contributed by atoms with Crippen LogP contribution in [0.1, 0.15) is 51.5 Å². The second kappa shape index (κ2) is 11.9. The monoisotopic (exact) mass is 571 g/mol. The molecule has 0 aromatic heterocycles. The Labute approximate surface area is 228 Å². The first kappa shape index (κ1) is 26.1. The summed E-state index contributed by atoms with van der Waals surface area (Å²) in [4.78, 5) is 17.7. The number of thioether (sulfide) groups is 1. The van der Waals surface area contributed by atoms with Gasteiger partial charge in [-0.2, -0.15) is 0 Å². The van der Waals surface area contributed by atoms with Crippen LogP contribution in [0.25, 0.3) is 0 Å². The van der Waals surface area contributed by atoms with Gasteiger partial charge in [-0.1, -0.05) is 55.5 Å². The Morgan fingerprint density at radius 2 is 1.97 bits per heavy atom. The molecule has 7 heteroatoms. The maximum Gasteiger partial charge on any atom is 0.257 e. The number of nitrogens with zero attached hydrogens (tertiary/aromatic N) is 1. The molecule has 0 saturated carbocycles. The van der Waals surface area contributed by atoms with Crippen LogP contribution in [0.4, 0.5) is 0 Å². The second-order valence-corrected chi connectivity index (χ2v) is 12.4. The number of fused-ring (bicyclic) bond motifs is 1. The van der Waals surface area contributed by atoms with E-state index in [0.29, 0.717) is 17.9 Å². The van der Waals surface area contributed by atoms with Crippen LogP contribution in [0.2, 0.25) is 0 Å². The van der Waals surface area contributed by atoms with Crippen molar-refractivity contribution in [1.82, 2.24) is 15.5 Å². The molecule has 0 spiro atoms. The summed E-state index contributed by atoms with van der Waals surface area (Å²) in [5, 5.41) is 6.71. The zero-order valence-electron chi connectivity index (χ0n) is 21.4. The van der Waals surface area contributed by atoms with E-state index in [9.17, 15) is 4.79 Å². The normalized spacial score (nSPS) is 25.6. The number of likely N-dealkylation sites (tertiary alicyclic amines) is 1. The molecule has 2 atom stereocenters. The van der Waals surface area contributed by atoms with Gasteiger partial charge in [0.1, 0.15) is 11.9 Å². The molecule has 1 aromatic carbocycles. The minimum atomic E-state index is 0.104. The number of amides is 1. The van der Waals surface area contributed by atoms with E-state index < -0.39 is 0 Å². The van der Waals surface area contributed by atoms with Crippen molar-refractivity contribution < 1.29 is 9.53 Å². The van der Waals surface area contributed by atoms with Crippen LogP contribution < -0.4 is 15.4 Å². The third-order valence-corrected chi connectivity index (χ3v) is 9.81. The van der Waals surface area contributed by atoms with Crippen molar-refractivity contribution in [2.45, 2.75) is 64.6 Å². The van der Waals surface area contributed by atoms with Crippen molar-refractivity contribution in [2.24, 2.45) is 11.8 Å². The predicted molar refractivity (Wildman–Crippen MR) is 152 cm³/mol. The number of nitrogens with one attached hydrogen (secondary N) is 2. The van der Waals surface area contributed by atoms with Crippen molar-refractivity contribution in [3.8, 4) is 5.75 Å². The number of piperidine rings is 2. The van der Waals surface area contributed by atoms with Crippen LogP contribution in [0, 0.1) is 11.8 Å². The number of carbonyl (C=O) groups excluding carboxylic acids is 1. The van der Waals surface area contributed by atoms with E-state index in [1.54, 1.807) is 11.8 Å². The van der Waals surface area contributed by atoms with Crippen LogP contribution in [-0.2, 0) is 11.3 Å². The van der Waals surface area contributed by atoms with Crippen molar-refractivity contribution in [1.29, 1.82) is 0 Å². The summed E-state index contributed by atoms with van der Waals surface area (Å²) in [6, 6.07) is 6.74. The fourth-order valence-corrected chi connectivity index (χ4v) is 7.41. The number of rotatable bonds is 7. The van der Waals surface area contributed by atoms with Gasteiger partial charge in [-0.25, -0.2) is 0 Å². The van der Waals surface area contributed by atoms with Gasteiger partial charge in [-0.3, -0.25) is 9.69 Å². The summed E-state index contributed by atoms with van der Waals surface area (Å²) < 4.78 is 7.26. The van der Waals surface area contributed by atoms with Gasteiger partial charge in [0, 0.05) is 31.6 Å². The summed E-state index contributed by atoms with van der Waals surface area (Å²) >= 11 is 5.38. The second-order valence-electron chi connectivity index (χ2n) is 10.5. The lowest BCUT2D eigenvalue weighted by Gasteiger charge is -2.32. The van der Waals surface area contributed by atoms with Crippen molar-refractivity contribution in [3.63, 3.8) is 0 Å². The number of carbonyl (C=O) groups is 1. The minimum Gasteiger partial charge on any atom is -0.489 e. The fraction of sp³-hybridized carbons (Fsp3) is 0.552. The number of benzene rings is 1. The molecular weight excluding hydrogens is 534 g/mol. The lowest BCUT2D eigenvalue weighted by atomic mass is 9.82. The van der Waals surface area contributed by atoms with E-state index >= 15 is 0 Å². The molecule has 3 heterocycles. The van der Waals surface area contributed by atoms with Crippen molar-refractivity contribution >= 4 is 33.6 Å². The van der Waals surface area contributed by atoms with Crippen LogP contribution in [0.5, 0.6) is 5.75 Å². The molecule has 2 fully saturated rings. The van der Waals surface area contributed by atoms with Crippen LogP contribution in [-0.4, -0.2) is 49.1 Å². The molecule has 36 heavy (non-hydrogen) atoms. The molecule has 5 rings (SSSR count). The Bertz CT molecular complexity index is 1050. The van der Waals surface area contributed by atoms with Gasteiger partial charge in [0.2, 0.25) is 0 Å². The Morgan fingerprint density at radius 3 is 2.69 bits per heavy atom. The largest absolute Gasteiger partial charge is 0.489 e. The van der Waals surface area contributed by atoms with Gasteiger partial charge in [0.25, 0.3) is 5.91 Å². The average Bonchev–Trinajstić information content (AvgIpc) is 3.33. The Balaban J connectivity index is 1.08. The summed E-state index contributed by atoms with van der Waals surface area (Å²) in [6.07, 6.45) is 12.1. The van der Waals surface area contributed by atoms with Gasteiger partial charge in [-0.15, -0.1) is 0 Å². The van der Waals surface area contributed by atoms with E-state index in [-0.39, 0.29) is 11.9 Å². The number of halogens is 1. The first-order valence-electron chi connectivity index (χ1n) is 13.5. The smallest absolute Gasteiger partial charge is 0.257 e. The molecule has 4 aliphatic rings. The van der Waals surface area contributed by atoms with Crippen LogP contribution >= 0.6 is 27.7 Å². The Kier molecular flexibility index (Phi) is 8.61. The number of hydrogen-bond acceptors (Lipinski definition) is 5. The molecule has 1 amide bonds. The zero-order valence-corrected chi connectivity index (χ0v) is 23.8. The maximum atomic E-state index is 13.0. The lowest BCUT2D eigenvalue weighted by Crippen LogP contribution is -2.44.